The molecule has 1 rings (SSSR count). The van der Waals surface area contributed by atoms with Gasteiger partial charge in [-0.25, -0.2) is 4.79 Å². The van der Waals surface area contributed by atoms with Gasteiger partial charge >= 0.3 is 49.7 Å². The predicted octanol–water partition coefficient (Wildman–Crippen LogP) is -8.13. The van der Waals surface area contributed by atoms with Crippen molar-refractivity contribution < 1.29 is 82.4 Å². The summed E-state index contributed by atoms with van der Waals surface area (Å²) in [5.74, 6) is -6.51. The van der Waals surface area contributed by atoms with E-state index in [1.165, 1.54) is 6.08 Å². The Bertz CT molecular complexity index is 613. The Morgan fingerprint density at radius 3 is 1.81 bits per heavy atom. The van der Waals surface area contributed by atoms with Crippen LogP contribution in [0.1, 0.15) is 18.4 Å². The number of hydrogen-bond donors (Lipinski definition) is 3. The maximum atomic E-state index is 10.3. The second-order valence-corrected chi connectivity index (χ2v) is 4.52. The van der Waals surface area contributed by atoms with Crippen LogP contribution in [0, 0.1) is 0 Å². The molecule has 0 saturated carbocycles. The molecule has 0 aliphatic carbocycles. The van der Waals surface area contributed by atoms with Crippen LogP contribution in [0.15, 0.2) is 36.4 Å². The van der Waals surface area contributed by atoms with E-state index in [0.717, 1.165) is 11.6 Å². The van der Waals surface area contributed by atoms with Gasteiger partial charge in [-0.2, -0.15) is 0 Å². The Morgan fingerprint density at radius 1 is 0.962 bits per heavy atom. The number of aliphatic hydroxyl groups is 1. The van der Waals surface area contributed by atoms with Crippen LogP contribution in [0.25, 0.3) is 6.08 Å². The quantitative estimate of drug-likeness (QED) is 0.318. The molecule has 1 atom stereocenters. The summed E-state index contributed by atoms with van der Waals surface area (Å²) in [6.07, 6.45) is 0.0651. The van der Waals surface area contributed by atoms with Crippen LogP contribution in [-0.2, 0) is 19.2 Å². The number of aliphatic carboxylic acids is 4. The van der Waals surface area contributed by atoms with Gasteiger partial charge in [0.1, 0.15) is 0 Å². The molecular formula is C15H14Li2O9. The van der Waals surface area contributed by atoms with Gasteiger partial charge in [0.25, 0.3) is 0 Å². The summed E-state index contributed by atoms with van der Waals surface area (Å²) in [5.41, 5.74) is -1.94. The Kier molecular flexibility index (Phi) is 15.7. The van der Waals surface area contributed by atoms with Crippen molar-refractivity contribution in [1.29, 1.82) is 0 Å². The predicted molar refractivity (Wildman–Crippen MR) is 74.9 cm³/mol. The number of carboxylic acid groups (broad SMARTS) is 4. The zero-order valence-corrected chi connectivity index (χ0v) is 14.2. The van der Waals surface area contributed by atoms with Crippen LogP contribution >= 0.6 is 0 Å². The van der Waals surface area contributed by atoms with Gasteiger partial charge in [0.15, 0.2) is 5.60 Å². The first-order chi connectivity index (χ1) is 11.1. The minimum Gasteiger partial charge on any atom is -0.550 e. The molecule has 0 fully saturated rings. The van der Waals surface area contributed by atoms with Crippen LogP contribution in [-0.4, -0.2) is 44.8 Å². The van der Waals surface area contributed by atoms with Gasteiger partial charge < -0.3 is 35.1 Å². The third-order valence-electron chi connectivity index (χ3n) is 2.49. The molecular weight excluding hydrogens is 338 g/mol. The van der Waals surface area contributed by atoms with Gasteiger partial charge in [-0.1, -0.05) is 36.4 Å². The summed E-state index contributed by atoms with van der Waals surface area (Å²) in [7, 11) is 0. The minimum absolute atomic E-state index is 0. The van der Waals surface area contributed by atoms with Crippen molar-refractivity contribution in [1.82, 2.24) is 0 Å². The molecule has 130 valence electrons. The van der Waals surface area contributed by atoms with Crippen molar-refractivity contribution in [2.24, 2.45) is 0 Å². The third kappa shape index (κ3) is 13.3. The maximum absolute atomic E-state index is 10.3. The summed E-state index contributed by atoms with van der Waals surface area (Å²) in [4.78, 5) is 40.3. The average molecular weight is 352 g/mol. The van der Waals surface area contributed by atoms with E-state index >= 15 is 0 Å². The van der Waals surface area contributed by atoms with Crippen LogP contribution in [0.3, 0.4) is 0 Å². The van der Waals surface area contributed by atoms with Crippen molar-refractivity contribution >= 4 is 30.0 Å². The molecule has 1 unspecified atom stereocenters. The summed E-state index contributed by atoms with van der Waals surface area (Å²) >= 11 is 0. The van der Waals surface area contributed by atoms with E-state index in [9.17, 15) is 29.4 Å². The van der Waals surface area contributed by atoms with E-state index < -0.39 is 42.3 Å². The fourth-order valence-corrected chi connectivity index (χ4v) is 1.43. The molecule has 0 spiro atoms. The summed E-state index contributed by atoms with van der Waals surface area (Å²) in [6, 6.07) is 9.19. The minimum atomic E-state index is -2.80. The van der Waals surface area contributed by atoms with Crippen molar-refractivity contribution in [3.8, 4) is 0 Å². The Balaban J connectivity index is -0.000000381. The SMILES string of the molecule is O=C([O-])C=Cc1ccccc1.O=C([O-])CC(O)(CC(=O)O)C(=O)O.[Li+].[Li+]. The molecule has 0 amide bonds. The van der Waals surface area contributed by atoms with Crippen LogP contribution in [0.4, 0.5) is 0 Å². The smallest absolute Gasteiger partial charge is 0.550 e. The first-order valence-corrected chi connectivity index (χ1v) is 6.38. The molecule has 0 bridgehead atoms. The first kappa shape index (κ1) is 28.8. The molecule has 26 heavy (non-hydrogen) atoms. The van der Waals surface area contributed by atoms with Crippen molar-refractivity contribution in [2.75, 3.05) is 0 Å². The summed E-state index contributed by atoms with van der Waals surface area (Å²) in [6.45, 7) is 0. The number of carbonyl (C=O) groups excluding carboxylic acids is 2. The Hall–Kier alpha value is -2.01. The largest absolute Gasteiger partial charge is 1.00 e. The third-order valence-corrected chi connectivity index (χ3v) is 2.49. The van der Waals surface area contributed by atoms with Gasteiger partial charge in [-0.3, -0.25) is 4.79 Å². The van der Waals surface area contributed by atoms with Crippen molar-refractivity contribution in [3.05, 3.63) is 42.0 Å². The van der Waals surface area contributed by atoms with Crippen LogP contribution in [0.2, 0.25) is 0 Å². The number of hydrogen-bond acceptors (Lipinski definition) is 7. The van der Waals surface area contributed by atoms with Gasteiger partial charge in [-0.15, -0.1) is 0 Å². The fourth-order valence-electron chi connectivity index (χ4n) is 1.43. The topological polar surface area (TPSA) is 175 Å². The number of carbonyl (C=O) groups is 4. The fraction of sp³-hybridized carbons (Fsp3) is 0.200. The van der Waals surface area contributed by atoms with Gasteiger partial charge in [0.05, 0.1) is 12.4 Å². The van der Waals surface area contributed by atoms with Gasteiger partial charge in [0.2, 0.25) is 0 Å². The molecule has 0 aromatic heterocycles. The van der Waals surface area contributed by atoms with Gasteiger partial charge in [0, 0.05) is 12.4 Å². The molecule has 9 nitrogen and oxygen atoms in total. The molecule has 0 aliphatic heterocycles. The van der Waals surface area contributed by atoms with E-state index in [4.69, 9.17) is 15.3 Å². The number of carboxylic acids is 4. The summed E-state index contributed by atoms with van der Waals surface area (Å²) in [5, 5.41) is 45.5. The van der Waals surface area contributed by atoms with E-state index in [1.54, 1.807) is 0 Å². The van der Waals surface area contributed by atoms with E-state index in [1.807, 2.05) is 30.3 Å². The van der Waals surface area contributed by atoms with Crippen LogP contribution in [0.5, 0.6) is 0 Å². The van der Waals surface area contributed by atoms with Crippen molar-refractivity contribution in [3.63, 3.8) is 0 Å². The second kappa shape index (κ2) is 14.2. The van der Waals surface area contributed by atoms with Gasteiger partial charge in [-0.05, 0) is 11.6 Å². The second-order valence-electron chi connectivity index (χ2n) is 4.52. The summed E-state index contributed by atoms with van der Waals surface area (Å²) < 4.78 is 0. The molecule has 3 N–H and O–H groups in total. The molecule has 0 saturated heterocycles. The monoisotopic (exact) mass is 352 g/mol. The zero-order valence-electron chi connectivity index (χ0n) is 14.2. The molecule has 1 aromatic carbocycles. The zero-order chi connectivity index (χ0) is 18.8. The average Bonchev–Trinajstić information content (AvgIpc) is 2.45. The van der Waals surface area contributed by atoms with E-state index in [2.05, 4.69) is 0 Å². The standard InChI is InChI=1S/C9H8O2.C6H8O7.2Li/c10-9(11)7-6-8-4-2-1-3-5-8;7-3(8)1-6(13,5(11)12)2-4(9)10;;/h1-7H,(H,10,11);13H,1-2H2,(H,7,8)(H,9,10)(H,11,12);;/q;;2*+1/p-2. The molecule has 0 heterocycles. The molecule has 0 radical (unpaired) electrons. The Labute approximate surface area is 172 Å². The van der Waals surface area contributed by atoms with E-state index in [0.29, 0.717) is 0 Å². The molecule has 0 aliphatic rings. The number of rotatable bonds is 7. The normalized spacial score (nSPS) is 11.6. The van der Waals surface area contributed by atoms with Crippen molar-refractivity contribution in [2.45, 2.75) is 18.4 Å². The first-order valence-electron chi connectivity index (χ1n) is 6.38. The number of benzene rings is 1. The van der Waals surface area contributed by atoms with E-state index in [-0.39, 0.29) is 37.7 Å². The maximum Gasteiger partial charge on any atom is 1.00 e. The molecule has 1 aromatic rings. The Morgan fingerprint density at radius 2 is 1.46 bits per heavy atom. The molecule has 11 heteroatoms. The van der Waals surface area contributed by atoms with Crippen LogP contribution < -0.4 is 47.9 Å².